The molecule has 6 heteroatoms. The summed E-state index contributed by atoms with van der Waals surface area (Å²) in [6.07, 6.45) is 1.42. The molecule has 2 aromatic rings. The first-order valence-electron chi connectivity index (χ1n) is 8.17. The molecule has 0 radical (unpaired) electrons. The summed E-state index contributed by atoms with van der Waals surface area (Å²) in [6, 6.07) is 7.61. The van der Waals surface area contributed by atoms with Crippen LogP contribution in [0.2, 0.25) is 0 Å². The number of amides is 1. The van der Waals surface area contributed by atoms with Crippen molar-refractivity contribution in [3.05, 3.63) is 30.6 Å². The molecule has 0 spiro atoms. The standard InChI is InChI=1S/C17H24N4O2/c1-13(22)11-19-7-9-20(10-8-19)17(23)14(2)21-12-18-15-5-3-4-6-16(15)21/h3-6,12-14,22H,7-11H2,1-2H3/t13-,14+/m1/s1. The van der Waals surface area contributed by atoms with Gasteiger partial charge in [0.15, 0.2) is 0 Å². The van der Waals surface area contributed by atoms with Crippen LogP contribution in [0.4, 0.5) is 0 Å². The second-order valence-electron chi connectivity index (χ2n) is 6.29. The fourth-order valence-electron chi connectivity index (χ4n) is 3.19. The number of hydrogen-bond donors (Lipinski definition) is 1. The van der Waals surface area contributed by atoms with Crippen molar-refractivity contribution in [3.63, 3.8) is 0 Å². The lowest BCUT2D eigenvalue weighted by molar-refractivity contribution is -0.136. The summed E-state index contributed by atoms with van der Waals surface area (Å²) in [5.74, 6) is 0.129. The number of para-hydroxylation sites is 2. The largest absolute Gasteiger partial charge is 0.392 e. The van der Waals surface area contributed by atoms with E-state index in [2.05, 4.69) is 9.88 Å². The summed E-state index contributed by atoms with van der Waals surface area (Å²) in [6.45, 7) is 7.44. The van der Waals surface area contributed by atoms with Gasteiger partial charge in [0, 0.05) is 32.7 Å². The van der Waals surface area contributed by atoms with E-state index in [1.54, 1.807) is 13.3 Å². The van der Waals surface area contributed by atoms with Gasteiger partial charge in [-0.1, -0.05) is 12.1 Å². The molecule has 1 aliphatic heterocycles. The Bertz CT molecular complexity index is 674. The average Bonchev–Trinajstić information content (AvgIpc) is 2.97. The Balaban J connectivity index is 1.66. The number of aromatic nitrogens is 2. The third-order valence-electron chi connectivity index (χ3n) is 4.46. The number of β-amino-alcohol motifs (C(OH)–C–C–N with tert-alkyl or cyclic N) is 1. The molecule has 2 heterocycles. The molecule has 1 fully saturated rings. The summed E-state index contributed by atoms with van der Waals surface area (Å²) in [5.41, 5.74) is 1.90. The van der Waals surface area contributed by atoms with E-state index >= 15 is 0 Å². The van der Waals surface area contributed by atoms with Crippen LogP contribution < -0.4 is 0 Å². The van der Waals surface area contributed by atoms with E-state index in [0.29, 0.717) is 19.6 Å². The molecule has 1 saturated heterocycles. The molecule has 1 aliphatic rings. The normalized spacial score (nSPS) is 19.0. The second-order valence-corrected chi connectivity index (χ2v) is 6.29. The molecular formula is C17H24N4O2. The van der Waals surface area contributed by atoms with Crippen molar-refractivity contribution >= 4 is 16.9 Å². The van der Waals surface area contributed by atoms with Crippen molar-refractivity contribution in [1.82, 2.24) is 19.4 Å². The van der Waals surface area contributed by atoms with Gasteiger partial charge in [0.2, 0.25) is 5.91 Å². The summed E-state index contributed by atoms with van der Waals surface area (Å²) < 4.78 is 1.94. The highest BCUT2D eigenvalue weighted by Gasteiger charge is 2.26. The fraction of sp³-hybridized carbons (Fsp3) is 0.529. The van der Waals surface area contributed by atoms with Gasteiger partial charge in [-0.2, -0.15) is 0 Å². The second kappa shape index (κ2) is 6.68. The molecule has 0 unspecified atom stereocenters. The quantitative estimate of drug-likeness (QED) is 0.918. The van der Waals surface area contributed by atoms with E-state index in [9.17, 15) is 9.90 Å². The van der Waals surface area contributed by atoms with Gasteiger partial charge in [0.1, 0.15) is 6.04 Å². The maximum atomic E-state index is 12.8. The highest BCUT2D eigenvalue weighted by molar-refractivity contribution is 5.83. The molecule has 23 heavy (non-hydrogen) atoms. The third-order valence-corrected chi connectivity index (χ3v) is 4.46. The number of carbonyl (C=O) groups excluding carboxylic acids is 1. The van der Waals surface area contributed by atoms with E-state index in [1.807, 2.05) is 40.7 Å². The first-order valence-corrected chi connectivity index (χ1v) is 8.17. The highest BCUT2D eigenvalue weighted by Crippen LogP contribution is 2.19. The molecule has 0 aliphatic carbocycles. The zero-order valence-electron chi connectivity index (χ0n) is 13.7. The van der Waals surface area contributed by atoms with Crippen LogP contribution in [0.5, 0.6) is 0 Å². The van der Waals surface area contributed by atoms with Crippen LogP contribution in [0.1, 0.15) is 19.9 Å². The van der Waals surface area contributed by atoms with Crippen molar-refractivity contribution in [2.75, 3.05) is 32.7 Å². The van der Waals surface area contributed by atoms with Gasteiger partial charge in [-0.25, -0.2) is 4.98 Å². The van der Waals surface area contributed by atoms with Gasteiger partial charge in [-0.3, -0.25) is 9.69 Å². The minimum Gasteiger partial charge on any atom is -0.392 e. The fourth-order valence-corrected chi connectivity index (χ4v) is 3.19. The topological polar surface area (TPSA) is 61.6 Å². The van der Waals surface area contributed by atoms with Crippen molar-refractivity contribution in [3.8, 4) is 0 Å². The molecule has 124 valence electrons. The molecule has 1 aromatic carbocycles. The maximum absolute atomic E-state index is 12.8. The van der Waals surface area contributed by atoms with Gasteiger partial charge in [-0.15, -0.1) is 0 Å². The zero-order valence-corrected chi connectivity index (χ0v) is 13.7. The van der Waals surface area contributed by atoms with Gasteiger partial charge in [-0.05, 0) is 26.0 Å². The molecule has 1 aromatic heterocycles. The summed E-state index contributed by atoms with van der Waals surface area (Å²) in [4.78, 5) is 21.3. The number of piperazine rings is 1. The molecule has 0 saturated carbocycles. The Morgan fingerprint density at radius 1 is 1.22 bits per heavy atom. The Morgan fingerprint density at radius 3 is 2.61 bits per heavy atom. The summed E-state index contributed by atoms with van der Waals surface area (Å²) in [5, 5.41) is 9.46. The van der Waals surface area contributed by atoms with Crippen LogP contribution in [0.15, 0.2) is 30.6 Å². The van der Waals surface area contributed by atoms with Crippen molar-refractivity contribution in [2.24, 2.45) is 0 Å². The minimum absolute atomic E-state index is 0.129. The van der Waals surface area contributed by atoms with Crippen molar-refractivity contribution in [2.45, 2.75) is 26.0 Å². The first kappa shape index (κ1) is 16.0. The third kappa shape index (κ3) is 3.38. The van der Waals surface area contributed by atoms with Crippen LogP contribution in [0, 0.1) is 0 Å². The van der Waals surface area contributed by atoms with Crippen LogP contribution in [-0.2, 0) is 4.79 Å². The zero-order chi connectivity index (χ0) is 16.4. The molecule has 1 N–H and O–H groups in total. The number of rotatable bonds is 4. The van der Waals surface area contributed by atoms with E-state index in [-0.39, 0.29) is 18.1 Å². The molecule has 0 bridgehead atoms. The predicted octanol–water partition coefficient (Wildman–Crippen LogP) is 1.12. The molecule has 2 atom stereocenters. The number of aliphatic hydroxyl groups is 1. The van der Waals surface area contributed by atoms with E-state index in [1.165, 1.54) is 0 Å². The SMILES string of the molecule is C[C@@H](O)CN1CCN(C(=O)[C@H](C)n2cnc3ccccc32)CC1. The Morgan fingerprint density at radius 2 is 1.91 bits per heavy atom. The predicted molar refractivity (Wildman–Crippen MR) is 89.1 cm³/mol. The smallest absolute Gasteiger partial charge is 0.245 e. The van der Waals surface area contributed by atoms with Gasteiger partial charge < -0.3 is 14.6 Å². The van der Waals surface area contributed by atoms with Crippen LogP contribution in [-0.4, -0.2) is 69.2 Å². The first-order chi connectivity index (χ1) is 11.1. The summed E-state index contributed by atoms with van der Waals surface area (Å²) >= 11 is 0. The van der Waals surface area contributed by atoms with Crippen molar-refractivity contribution < 1.29 is 9.90 Å². The van der Waals surface area contributed by atoms with Gasteiger partial charge >= 0.3 is 0 Å². The number of nitrogens with zero attached hydrogens (tertiary/aromatic N) is 4. The lowest BCUT2D eigenvalue weighted by Gasteiger charge is -2.36. The molecular weight excluding hydrogens is 292 g/mol. The van der Waals surface area contributed by atoms with E-state index in [4.69, 9.17) is 0 Å². The van der Waals surface area contributed by atoms with E-state index in [0.717, 1.165) is 24.1 Å². The highest BCUT2D eigenvalue weighted by atomic mass is 16.3. The van der Waals surface area contributed by atoms with Crippen LogP contribution >= 0.6 is 0 Å². The van der Waals surface area contributed by atoms with Crippen LogP contribution in [0.25, 0.3) is 11.0 Å². The average molecular weight is 316 g/mol. The van der Waals surface area contributed by atoms with Crippen molar-refractivity contribution in [1.29, 1.82) is 0 Å². The van der Waals surface area contributed by atoms with Crippen LogP contribution in [0.3, 0.4) is 0 Å². The Hall–Kier alpha value is -1.92. The monoisotopic (exact) mass is 316 g/mol. The number of fused-ring (bicyclic) bond motifs is 1. The number of aliphatic hydroxyl groups excluding tert-OH is 1. The number of imidazole rings is 1. The molecule has 1 amide bonds. The van der Waals surface area contributed by atoms with E-state index < -0.39 is 0 Å². The number of carbonyl (C=O) groups is 1. The van der Waals surface area contributed by atoms with Gasteiger partial charge in [0.05, 0.1) is 23.5 Å². The molecule has 6 nitrogen and oxygen atoms in total. The molecule has 3 rings (SSSR count). The Kier molecular flexibility index (Phi) is 4.63. The number of benzene rings is 1. The minimum atomic E-state index is -0.325. The summed E-state index contributed by atoms with van der Waals surface area (Å²) in [7, 11) is 0. The maximum Gasteiger partial charge on any atom is 0.245 e. The lowest BCUT2D eigenvalue weighted by Crippen LogP contribution is -2.51. The Labute approximate surface area is 136 Å². The number of hydrogen-bond acceptors (Lipinski definition) is 4. The lowest BCUT2D eigenvalue weighted by atomic mass is 10.2. The van der Waals surface area contributed by atoms with Gasteiger partial charge in [0.25, 0.3) is 0 Å².